The molecule has 2 amide bonds. The summed E-state index contributed by atoms with van der Waals surface area (Å²) >= 11 is 0. The van der Waals surface area contributed by atoms with Crippen molar-refractivity contribution in [3.05, 3.63) is 71.9 Å². The number of anilines is 2. The van der Waals surface area contributed by atoms with Gasteiger partial charge in [0.25, 0.3) is 0 Å². The van der Waals surface area contributed by atoms with Crippen molar-refractivity contribution in [1.29, 1.82) is 0 Å². The minimum Gasteiger partial charge on any atom is -0.339 e. The molecule has 0 aliphatic carbocycles. The highest BCUT2D eigenvalue weighted by Gasteiger charge is 2.21. The fourth-order valence-electron chi connectivity index (χ4n) is 3.37. The molecule has 7 heteroatoms. The van der Waals surface area contributed by atoms with E-state index in [0.29, 0.717) is 49.6 Å². The van der Waals surface area contributed by atoms with Crippen LogP contribution in [0.2, 0.25) is 0 Å². The van der Waals surface area contributed by atoms with Gasteiger partial charge in [-0.25, -0.2) is 0 Å². The molecular formula is C26H32N4O3. The smallest absolute Gasteiger partial charge is 0.231 e. The minimum absolute atomic E-state index is 0.0381. The van der Waals surface area contributed by atoms with E-state index < -0.39 is 0 Å². The topological polar surface area (TPSA) is 88.3 Å². The molecule has 0 atom stereocenters. The molecule has 0 spiro atoms. The molecule has 0 bridgehead atoms. The summed E-state index contributed by atoms with van der Waals surface area (Å²) in [7, 11) is 0. The minimum atomic E-state index is -0.160. The van der Waals surface area contributed by atoms with Crippen molar-refractivity contribution in [1.82, 2.24) is 10.1 Å². The number of hydrogen-bond acceptors (Lipinski definition) is 5. The van der Waals surface area contributed by atoms with E-state index in [0.717, 1.165) is 11.3 Å². The molecule has 0 unspecified atom stereocenters. The lowest BCUT2D eigenvalue weighted by molar-refractivity contribution is -0.118. The molecule has 174 valence electrons. The summed E-state index contributed by atoms with van der Waals surface area (Å²) in [5, 5.41) is 6.90. The van der Waals surface area contributed by atoms with Gasteiger partial charge in [-0.05, 0) is 43.2 Å². The number of carbonyl (C=O) groups is 2. The van der Waals surface area contributed by atoms with E-state index in [2.05, 4.69) is 15.5 Å². The van der Waals surface area contributed by atoms with E-state index in [1.54, 1.807) is 4.90 Å². The van der Waals surface area contributed by atoms with Crippen LogP contribution in [0.3, 0.4) is 0 Å². The van der Waals surface area contributed by atoms with Crippen LogP contribution in [0.4, 0.5) is 11.4 Å². The molecule has 1 aromatic heterocycles. The number of nitrogens with zero attached hydrogens (tertiary/aromatic N) is 3. The zero-order valence-electron chi connectivity index (χ0n) is 19.8. The van der Waals surface area contributed by atoms with Crippen molar-refractivity contribution in [2.75, 3.05) is 16.8 Å². The van der Waals surface area contributed by atoms with Crippen LogP contribution in [0.1, 0.15) is 57.8 Å². The summed E-state index contributed by atoms with van der Waals surface area (Å²) in [6.07, 6.45) is 1.84. The first-order chi connectivity index (χ1) is 15.8. The molecule has 7 nitrogen and oxygen atoms in total. The summed E-state index contributed by atoms with van der Waals surface area (Å²) in [5.74, 6) is 1.19. The van der Waals surface area contributed by atoms with Crippen molar-refractivity contribution in [2.45, 2.75) is 58.8 Å². The average Bonchev–Trinajstić information content (AvgIpc) is 3.26. The number of likely N-dealkylation sites (N-methyl/N-ethyl adjacent to an activating group) is 1. The predicted octanol–water partition coefficient (Wildman–Crippen LogP) is 4.92. The van der Waals surface area contributed by atoms with Gasteiger partial charge in [0, 0.05) is 36.2 Å². The second-order valence-electron chi connectivity index (χ2n) is 9.01. The number of amides is 2. The van der Waals surface area contributed by atoms with Crippen molar-refractivity contribution in [2.24, 2.45) is 0 Å². The van der Waals surface area contributed by atoms with E-state index in [-0.39, 0.29) is 17.2 Å². The molecule has 0 saturated heterocycles. The van der Waals surface area contributed by atoms with E-state index in [1.165, 1.54) is 0 Å². The largest absolute Gasteiger partial charge is 0.339 e. The maximum atomic E-state index is 12.7. The number of nitrogens with one attached hydrogen (secondary N) is 1. The van der Waals surface area contributed by atoms with Gasteiger partial charge >= 0.3 is 0 Å². The standard InChI is InChI=1S/C26H32N4O3/c1-5-30(21-10-7-6-8-11-21)24(32)18-19-14-16-20(17-15-19)27-22(31)12-9-13-23-28-25(29-33-23)26(2,3)4/h6-8,10-11,14-17H,5,9,12-13,18H2,1-4H3,(H,27,31). The lowest BCUT2D eigenvalue weighted by Gasteiger charge is -2.21. The number of hydrogen-bond donors (Lipinski definition) is 1. The monoisotopic (exact) mass is 448 g/mol. The zero-order chi connectivity index (χ0) is 23.8. The van der Waals surface area contributed by atoms with Crippen molar-refractivity contribution in [3.63, 3.8) is 0 Å². The van der Waals surface area contributed by atoms with Crippen LogP contribution < -0.4 is 10.2 Å². The molecule has 33 heavy (non-hydrogen) atoms. The quantitative estimate of drug-likeness (QED) is 0.502. The number of aryl methyl sites for hydroxylation is 1. The Morgan fingerprint density at radius 3 is 2.33 bits per heavy atom. The van der Waals surface area contributed by atoms with Gasteiger partial charge in [-0.3, -0.25) is 9.59 Å². The van der Waals surface area contributed by atoms with Crippen LogP contribution in [0.25, 0.3) is 0 Å². The van der Waals surface area contributed by atoms with Gasteiger partial charge in [0.15, 0.2) is 5.82 Å². The Morgan fingerprint density at radius 2 is 1.73 bits per heavy atom. The van der Waals surface area contributed by atoms with E-state index in [4.69, 9.17) is 4.52 Å². The molecule has 0 fully saturated rings. The molecule has 1 heterocycles. The number of carbonyl (C=O) groups excluding carboxylic acids is 2. The first-order valence-corrected chi connectivity index (χ1v) is 11.3. The third-order valence-corrected chi connectivity index (χ3v) is 5.21. The van der Waals surface area contributed by atoms with Crippen molar-refractivity contribution >= 4 is 23.2 Å². The van der Waals surface area contributed by atoms with Crippen LogP contribution >= 0.6 is 0 Å². The summed E-state index contributed by atoms with van der Waals surface area (Å²) in [6, 6.07) is 17.0. The fourth-order valence-corrected chi connectivity index (χ4v) is 3.37. The summed E-state index contributed by atoms with van der Waals surface area (Å²) in [6.45, 7) is 8.65. The molecule has 0 aliphatic heterocycles. The van der Waals surface area contributed by atoms with Crippen LogP contribution in [0, 0.1) is 0 Å². The van der Waals surface area contributed by atoms with Gasteiger partial charge in [-0.1, -0.05) is 56.3 Å². The third kappa shape index (κ3) is 7.00. The highest BCUT2D eigenvalue weighted by atomic mass is 16.5. The van der Waals surface area contributed by atoms with Gasteiger partial charge in [-0.2, -0.15) is 4.98 Å². The molecule has 3 aromatic rings. The Hall–Kier alpha value is -3.48. The number of benzene rings is 2. The zero-order valence-corrected chi connectivity index (χ0v) is 19.8. The Kier molecular flexibility index (Phi) is 7.98. The first kappa shape index (κ1) is 24.2. The molecule has 1 N–H and O–H groups in total. The molecular weight excluding hydrogens is 416 g/mol. The number of aromatic nitrogens is 2. The van der Waals surface area contributed by atoms with E-state index in [9.17, 15) is 9.59 Å². The molecule has 0 saturated carbocycles. The van der Waals surface area contributed by atoms with Crippen LogP contribution in [-0.4, -0.2) is 28.5 Å². The molecule has 0 aliphatic rings. The first-order valence-electron chi connectivity index (χ1n) is 11.3. The Bertz CT molecular complexity index is 1050. The van der Waals surface area contributed by atoms with Crippen molar-refractivity contribution < 1.29 is 14.1 Å². The fraction of sp³-hybridized carbons (Fsp3) is 0.385. The molecule has 0 radical (unpaired) electrons. The number of rotatable bonds is 9. The van der Waals surface area contributed by atoms with Gasteiger partial charge in [0.1, 0.15) is 0 Å². The third-order valence-electron chi connectivity index (χ3n) is 5.21. The SMILES string of the molecule is CCN(C(=O)Cc1ccc(NC(=O)CCCc2nc(C(C)(C)C)no2)cc1)c1ccccc1. The normalized spacial score (nSPS) is 11.3. The van der Waals surface area contributed by atoms with Crippen molar-refractivity contribution in [3.8, 4) is 0 Å². The second kappa shape index (κ2) is 10.9. The summed E-state index contributed by atoms with van der Waals surface area (Å²) in [4.78, 5) is 31.2. The van der Waals surface area contributed by atoms with E-state index >= 15 is 0 Å². The van der Waals surface area contributed by atoms with Gasteiger partial charge in [0.05, 0.1) is 6.42 Å². The lowest BCUT2D eigenvalue weighted by atomic mass is 9.96. The Labute approximate surface area is 195 Å². The molecule has 2 aromatic carbocycles. The van der Waals surface area contributed by atoms with Gasteiger partial charge in [-0.15, -0.1) is 0 Å². The highest BCUT2D eigenvalue weighted by Crippen LogP contribution is 2.19. The Morgan fingerprint density at radius 1 is 1.03 bits per heavy atom. The number of para-hydroxylation sites is 1. The average molecular weight is 449 g/mol. The Balaban J connectivity index is 1.46. The molecule has 3 rings (SSSR count). The second-order valence-corrected chi connectivity index (χ2v) is 9.01. The maximum absolute atomic E-state index is 12.7. The van der Waals surface area contributed by atoms with Gasteiger partial charge < -0.3 is 14.7 Å². The maximum Gasteiger partial charge on any atom is 0.231 e. The summed E-state index contributed by atoms with van der Waals surface area (Å²) < 4.78 is 5.27. The van der Waals surface area contributed by atoms with Crippen LogP contribution in [0.5, 0.6) is 0 Å². The van der Waals surface area contributed by atoms with Crippen LogP contribution in [-0.2, 0) is 27.8 Å². The summed E-state index contributed by atoms with van der Waals surface area (Å²) in [5.41, 5.74) is 2.34. The predicted molar refractivity (Wildman–Crippen MR) is 129 cm³/mol. The highest BCUT2D eigenvalue weighted by molar-refractivity contribution is 5.95. The van der Waals surface area contributed by atoms with Crippen LogP contribution in [0.15, 0.2) is 59.1 Å². The lowest BCUT2D eigenvalue weighted by Crippen LogP contribution is -2.31. The van der Waals surface area contributed by atoms with E-state index in [1.807, 2.05) is 82.3 Å². The van der Waals surface area contributed by atoms with Gasteiger partial charge in [0.2, 0.25) is 17.7 Å².